The van der Waals surface area contributed by atoms with Crippen molar-refractivity contribution in [3.05, 3.63) is 76.1 Å². The quantitative estimate of drug-likeness (QED) is 0.541. The molecule has 0 saturated heterocycles. The summed E-state index contributed by atoms with van der Waals surface area (Å²) in [6.45, 7) is 0.215. The van der Waals surface area contributed by atoms with E-state index in [9.17, 15) is 14.4 Å². The molecule has 0 bridgehead atoms. The van der Waals surface area contributed by atoms with Gasteiger partial charge >= 0.3 is 0 Å². The highest BCUT2D eigenvalue weighted by molar-refractivity contribution is 5.92. The van der Waals surface area contributed by atoms with E-state index in [0.717, 1.165) is 5.56 Å². The Morgan fingerprint density at radius 1 is 1.27 bits per heavy atom. The van der Waals surface area contributed by atoms with Gasteiger partial charge in [-0.25, -0.2) is 4.98 Å². The van der Waals surface area contributed by atoms with Gasteiger partial charge in [0.05, 0.1) is 16.7 Å². The number of hydrogen-bond donors (Lipinski definition) is 2. The standard InChI is InChI=1S/C18H13N5O3/c24-10-12-6-13-14(21-12)5-11(8-19-13)9-20-18(26)15-7-17(25)23-4-2-1-3-16(23)22-15/h1-8,10,21H,9H2,(H,20,26). The van der Waals surface area contributed by atoms with Gasteiger partial charge < -0.3 is 10.3 Å². The summed E-state index contributed by atoms with van der Waals surface area (Å²) in [6.07, 6.45) is 3.93. The van der Waals surface area contributed by atoms with Gasteiger partial charge in [-0.1, -0.05) is 6.07 Å². The number of nitrogens with zero attached hydrogens (tertiary/aromatic N) is 3. The second-order valence-electron chi connectivity index (χ2n) is 5.71. The number of hydrogen-bond acceptors (Lipinski definition) is 5. The van der Waals surface area contributed by atoms with Crippen LogP contribution in [0.2, 0.25) is 0 Å². The van der Waals surface area contributed by atoms with Gasteiger partial charge in [0.1, 0.15) is 11.3 Å². The van der Waals surface area contributed by atoms with Crippen molar-refractivity contribution in [1.82, 2.24) is 24.7 Å². The number of fused-ring (bicyclic) bond motifs is 2. The topological polar surface area (TPSA) is 109 Å². The molecule has 0 aliphatic carbocycles. The van der Waals surface area contributed by atoms with Crippen molar-refractivity contribution < 1.29 is 9.59 Å². The third kappa shape index (κ3) is 2.84. The van der Waals surface area contributed by atoms with Crippen molar-refractivity contribution in [2.24, 2.45) is 0 Å². The molecule has 8 nitrogen and oxygen atoms in total. The molecule has 8 heteroatoms. The number of amides is 1. The predicted molar refractivity (Wildman–Crippen MR) is 94.1 cm³/mol. The zero-order valence-electron chi connectivity index (χ0n) is 13.5. The van der Waals surface area contributed by atoms with Crippen LogP contribution in [0.3, 0.4) is 0 Å². The van der Waals surface area contributed by atoms with Crippen LogP contribution in [0.4, 0.5) is 0 Å². The largest absolute Gasteiger partial charge is 0.351 e. The summed E-state index contributed by atoms with van der Waals surface area (Å²) in [5.41, 5.74) is 2.71. The number of nitrogens with one attached hydrogen (secondary N) is 2. The van der Waals surface area contributed by atoms with E-state index in [0.29, 0.717) is 28.7 Å². The molecule has 0 unspecified atom stereocenters. The van der Waals surface area contributed by atoms with E-state index in [1.807, 2.05) is 0 Å². The fraction of sp³-hybridized carbons (Fsp3) is 0.0556. The molecule has 0 fully saturated rings. The molecule has 26 heavy (non-hydrogen) atoms. The van der Waals surface area contributed by atoms with Gasteiger partial charge in [0, 0.05) is 25.0 Å². The second-order valence-corrected chi connectivity index (χ2v) is 5.71. The molecular formula is C18H13N5O3. The molecule has 0 aliphatic rings. The van der Waals surface area contributed by atoms with Crippen LogP contribution < -0.4 is 10.9 Å². The summed E-state index contributed by atoms with van der Waals surface area (Å²) in [4.78, 5) is 46.6. The van der Waals surface area contributed by atoms with Gasteiger partial charge in [-0.2, -0.15) is 0 Å². The lowest BCUT2D eigenvalue weighted by Crippen LogP contribution is -2.27. The maximum Gasteiger partial charge on any atom is 0.270 e. The molecule has 0 aliphatic heterocycles. The van der Waals surface area contributed by atoms with E-state index >= 15 is 0 Å². The number of aromatic amines is 1. The first-order valence-electron chi connectivity index (χ1n) is 7.83. The minimum Gasteiger partial charge on any atom is -0.351 e. The van der Waals surface area contributed by atoms with Crippen molar-refractivity contribution in [2.45, 2.75) is 6.54 Å². The molecule has 0 aromatic carbocycles. The number of carbonyl (C=O) groups is 2. The van der Waals surface area contributed by atoms with Crippen LogP contribution in [0.5, 0.6) is 0 Å². The Hall–Kier alpha value is -3.81. The molecule has 4 aromatic rings. The molecule has 0 atom stereocenters. The van der Waals surface area contributed by atoms with E-state index in [-0.39, 0.29) is 17.8 Å². The molecule has 4 rings (SSSR count). The molecule has 0 saturated carbocycles. The van der Waals surface area contributed by atoms with Crippen molar-refractivity contribution in [2.75, 3.05) is 0 Å². The van der Waals surface area contributed by atoms with Crippen LogP contribution in [-0.4, -0.2) is 31.5 Å². The van der Waals surface area contributed by atoms with Gasteiger partial charge in [-0.3, -0.25) is 23.8 Å². The van der Waals surface area contributed by atoms with Crippen molar-refractivity contribution in [3.63, 3.8) is 0 Å². The summed E-state index contributed by atoms with van der Waals surface area (Å²) in [5.74, 6) is -0.450. The lowest BCUT2D eigenvalue weighted by atomic mass is 10.2. The minimum atomic E-state index is -0.450. The number of aromatic nitrogens is 4. The van der Waals surface area contributed by atoms with Gasteiger partial charge in [-0.15, -0.1) is 0 Å². The van der Waals surface area contributed by atoms with Gasteiger partial charge in [0.2, 0.25) is 0 Å². The third-order valence-electron chi connectivity index (χ3n) is 3.93. The number of rotatable bonds is 4. The number of H-pyrrole nitrogens is 1. The first-order chi connectivity index (χ1) is 12.6. The van der Waals surface area contributed by atoms with E-state index in [1.165, 1.54) is 10.5 Å². The summed E-state index contributed by atoms with van der Waals surface area (Å²) in [5, 5.41) is 2.72. The Bertz CT molecular complexity index is 1210. The lowest BCUT2D eigenvalue weighted by Gasteiger charge is -2.06. The number of carbonyl (C=O) groups excluding carboxylic acids is 2. The van der Waals surface area contributed by atoms with E-state index in [4.69, 9.17) is 0 Å². The van der Waals surface area contributed by atoms with Crippen molar-refractivity contribution in [3.8, 4) is 0 Å². The average molecular weight is 347 g/mol. The molecule has 128 valence electrons. The van der Waals surface area contributed by atoms with Crippen LogP contribution in [0, 0.1) is 0 Å². The highest BCUT2D eigenvalue weighted by Crippen LogP contribution is 2.13. The monoisotopic (exact) mass is 347 g/mol. The molecule has 0 spiro atoms. The zero-order chi connectivity index (χ0) is 18.1. The molecule has 1 amide bonds. The first kappa shape index (κ1) is 15.7. The van der Waals surface area contributed by atoms with Crippen LogP contribution >= 0.6 is 0 Å². The van der Waals surface area contributed by atoms with Crippen molar-refractivity contribution >= 4 is 28.9 Å². The van der Waals surface area contributed by atoms with Crippen LogP contribution in [-0.2, 0) is 6.54 Å². The predicted octanol–water partition coefficient (Wildman–Crippen LogP) is 1.31. The van der Waals surface area contributed by atoms with E-state index in [1.54, 1.807) is 42.7 Å². The van der Waals surface area contributed by atoms with Crippen LogP contribution in [0.1, 0.15) is 26.5 Å². The van der Waals surface area contributed by atoms with Crippen LogP contribution in [0.15, 0.2) is 53.6 Å². The zero-order valence-corrected chi connectivity index (χ0v) is 13.5. The summed E-state index contributed by atoms with van der Waals surface area (Å²) in [6, 6.07) is 9.77. The summed E-state index contributed by atoms with van der Waals surface area (Å²) < 4.78 is 1.37. The van der Waals surface area contributed by atoms with Gasteiger partial charge in [0.15, 0.2) is 6.29 Å². The summed E-state index contributed by atoms with van der Waals surface area (Å²) in [7, 11) is 0. The highest BCUT2D eigenvalue weighted by Gasteiger charge is 2.11. The second kappa shape index (κ2) is 6.25. The first-order valence-corrected chi connectivity index (χ1v) is 7.83. The maximum atomic E-state index is 12.3. The third-order valence-corrected chi connectivity index (χ3v) is 3.93. The Kier molecular flexibility index (Phi) is 3.77. The SMILES string of the molecule is O=Cc1cc2ncc(CNC(=O)c3cc(=O)n4ccccc4n3)cc2[nH]1. The minimum absolute atomic E-state index is 0.0540. The Balaban J connectivity index is 1.55. The Morgan fingerprint density at radius 2 is 2.15 bits per heavy atom. The van der Waals surface area contributed by atoms with Crippen molar-refractivity contribution in [1.29, 1.82) is 0 Å². The lowest BCUT2D eigenvalue weighted by molar-refractivity contribution is 0.0945. The van der Waals surface area contributed by atoms with E-state index < -0.39 is 5.91 Å². The average Bonchev–Trinajstić information content (AvgIpc) is 3.08. The Morgan fingerprint density at radius 3 is 3.00 bits per heavy atom. The van der Waals surface area contributed by atoms with E-state index in [2.05, 4.69) is 20.3 Å². The van der Waals surface area contributed by atoms with Gasteiger partial charge in [0.25, 0.3) is 11.5 Å². The molecule has 4 heterocycles. The van der Waals surface area contributed by atoms with Crippen LogP contribution in [0.25, 0.3) is 16.7 Å². The maximum absolute atomic E-state index is 12.3. The molecule has 4 aromatic heterocycles. The molecule has 2 N–H and O–H groups in total. The number of aldehydes is 1. The molecular weight excluding hydrogens is 334 g/mol. The number of pyridine rings is 2. The fourth-order valence-corrected chi connectivity index (χ4v) is 2.68. The Labute approximate surface area is 146 Å². The molecule has 0 radical (unpaired) electrons. The smallest absolute Gasteiger partial charge is 0.270 e. The summed E-state index contributed by atoms with van der Waals surface area (Å²) >= 11 is 0. The normalized spacial score (nSPS) is 10.9. The highest BCUT2D eigenvalue weighted by atomic mass is 16.2. The fourth-order valence-electron chi connectivity index (χ4n) is 2.68. The van der Waals surface area contributed by atoms with Gasteiger partial charge in [-0.05, 0) is 29.8 Å².